The Kier molecular flexibility index (Phi) is 4.12. The lowest BCUT2D eigenvalue weighted by Gasteiger charge is -2.29. The number of rotatable bonds is 3. The Balaban J connectivity index is 2.05. The molecule has 1 N–H and O–H groups in total. The Labute approximate surface area is 106 Å². The van der Waals surface area contributed by atoms with Crippen LogP contribution in [0.4, 0.5) is 0 Å². The van der Waals surface area contributed by atoms with E-state index < -0.39 is 0 Å². The molecule has 1 aliphatic rings. The molecular weight excluding hydrogens is 234 g/mol. The van der Waals surface area contributed by atoms with Crippen LogP contribution in [0.25, 0.3) is 0 Å². The number of piperidine rings is 1. The molecule has 0 aromatic carbocycles. The minimum Gasteiger partial charge on any atom is -0.321 e. The molecule has 0 spiro atoms. The molecular formula is C12H19N3OS. The van der Waals surface area contributed by atoms with Gasteiger partial charge in [-0.1, -0.05) is 6.42 Å². The second kappa shape index (κ2) is 5.60. The predicted molar refractivity (Wildman–Crippen MR) is 70.9 cm³/mol. The molecule has 1 aromatic rings. The van der Waals surface area contributed by atoms with Crippen molar-refractivity contribution in [2.24, 2.45) is 0 Å². The number of H-pyrrole nitrogens is 1. The topological polar surface area (TPSA) is 41.0 Å². The molecule has 0 aliphatic carbocycles. The average molecular weight is 253 g/mol. The third-order valence-corrected chi connectivity index (χ3v) is 3.61. The molecule has 4 nitrogen and oxygen atoms in total. The summed E-state index contributed by atoms with van der Waals surface area (Å²) < 4.78 is 2.48. The van der Waals surface area contributed by atoms with Crippen LogP contribution in [0.5, 0.6) is 0 Å². The van der Waals surface area contributed by atoms with Gasteiger partial charge in [0.1, 0.15) is 0 Å². The number of aromatic amines is 1. The second-order valence-electron chi connectivity index (χ2n) is 4.73. The van der Waals surface area contributed by atoms with Gasteiger partial charge in [0.25, 0.3) is 5.56 Å². The summed E-state index contributed by atoms with van der Waals surface area (Å²) >= 11 is 5.17. The van der Waals surface area contributed by atoms with Gasteiger partial charge in [0.15, 0.2) is 4.77 Å². The van der Waals surface area contributed by atoms with Crippen LogP contribution < -0.4 is 5.56 Å². The summed E-state index contributed by atoms with van der Waals surface area (Å²) in [7, 11) is 0. The summed E-state index contributed by atoms with van der Waals surface area (Å²) in [6.07, 6.45) is 5.73. The molecule has 2 rings (SSSR count). The minimum absolute atomic E-state index is 0.128. The number of nitrogens with zero attached hydrogens (tertiary/aromatic N) is 2. The third-order valence-electron chi connectivity index (χ3n) is 3.30. The van der Waals surface area contributed by atoms with Crippen LogP contribution in [0.2, 0.25) is 0 Å². The zero-order valence-corrected chi connectivity index (χ0v) is 11.0. The van der Waals surface area contributed by atoms with Crippen molar-refractivity contribution < 1.29 is 0 Å². The first kappa shape index (κ1) is 12.5. The number of likely N-dealkylation sites (tertiary alicyclic amines) is 1. The first-order valence-electron chi connectivity index (χ1n) is 6.20. The Morgan fingerprint density at radius 3 is 2.76 bits per heavy atom. The van der Waals surface area contributed by atoms with Crippen molar-refractivity contribution in [1.82, 2.24) is 14.5 Å². The average Bonchev–Trinajstić information content (AvgIpc) is 2.30. The molecule has 1 fully saturated rings. The van der Waals surface area contributed by atoms with Crippen LogP contribution in [0.15, 0.2) is 17.1 Å². The lowest BCUT2D eigenvalue weighted by Crippen LogP contribution is -2.34. The minimum atomic E-state index is -0.128. The smallest absolute Gasteiger partial charge is 0.251 e. The highest BCUT2D eigenvalue weighted by Crippen LogP contribution is 2.13. The molecule has 2 heterocycles. The second-order valence-corrected chi connectivity index (χ2v) is 5.11. The Bertz CT molecular complexity index is 473. The first-order chi connectivity index (χ1) is 8.16. The monoisotopic (exact) mass is 253 g/mol. The fourth-order valence-corrected chi connectivity index (χ4v) is 2.72. The van der Waals surface area contributed by atoms with Crippen molar-refractivity contribution >= 4 is 12.2 Å². The van der Waals surface area contributed by atoms with Crippen LogP contribution in [-0.2, 0) is 0 Å². The van der Waals surface area contributed by atoms with Crippen LogP contribution >= 0.6 is 12.2 Å². The molecule has 1 aromatic heterocycles. The van der Waals surface area contributed by atoms with Gasteiger partial charge in [-0.15, -0.1) is 0 Å². The van der Waals surface area contributed by atoms with Crippen LogP contribution in [-0.4, -0.2) is 34.1 Å². The van der Waals surface area contributed by atoms with E-state index in [1.165, 1.54) is 38.4 Å². The van der Waals surface area contributed by atoms with E-state index in [4.69, 9.17) is 12.2 Å². The zero-order valence-electron chi connectivity index (χ0n) is 10.2. The highest BCUT2D eigenvalue weighted by atomic mass is 32.1. The van der Waals surface area contributed by atoms with Crippen LogP contribution in [0.3, 0.4) is 0 Å². The van der Waals surface area contributed by atoms with E-state index in [-0.39, 0.29) is 5.56 Å². The molecule has 1 atom stereocenters. The molecule has 5 heteroatoms. The summed E-state index contributed by atoms with van der Waals surface area (Å²) in [5, 5.41) is 0. The SMILES string of the molecule is CC(CN1CCCCC1)n1ccc(=O)[nH]c1=S. The van der Waals surface area contributed by atoms with Crippen molar-refractivity contribution in [2.45, 2.75) is 32.2 Å². The fraction of sp³-hybridized carbons (Fsp3) is 0.667. The predicted octanol–water partition coefficient (Wildman–Crippen LogP) is 1.95. The van der Waals surface area contributed by atoms with Crippen molar-refractivity contribution in [3.63, 3.8) is 0 Å². The summed E-state index contributed by atoms with van der Waals surface area (Å²) in [5.41, 5.74) is -0.128. The van der Waals surface area contributed by atoms with Gasteiger partial charge < -0.3 is 9.47 Å². The largest absolute Gasteiger partial charge is 0.321 e. The van der Waals surface area contributed by atoms with Gasteiger partial charge in [-0.25, -0.2) is 0 Å². The van der Waals surface area contributed by atoms with E-state index in [9.17, 15) is 4.79 Å². The van der Waals surface area contributed by atoms with E-state index in [0.29, 0.717) is 10.8 Å². The van der Waals surface area contributed by atoms with E-state index >= 15 is 0 Å². The quantitative estimate of drug-likeness (QED) is 0.837. The highest BCUT2D eigenvalue weighted by molar-refractivity contribution is 7.71. The molecule has 94 valence electrons. The van der Waals surface area contributed by atoms with Crippen LogP contribution in [0.1, 0.15) is 32.2 Å². The first-order valence-corrected chi connectivity index (χ1v) is 6.61. The van der Waals surface area contributed by atoms with Crippen molar-refractivity contribution in [1.29, 1.82) is 0 Å². The summed E-state index contributed by atoms with van der Waals surface area (Å²) in [6.45, 7) is 5.51. The number of hydrogen-bond donors (Lipinski definition) is 1. The van der Waals surface area contributed by atoms with Gasteiger partial charge >= 0.3 is 0 Å². The van der Waals surface area contributed by atoms with Crippen molar-refractivity contribution in [3.8, 4) is 0 Å². The molecule has 0 bridgehead atoms. The standard InChI is InChI=1S/C12H19N3OS/c1-10(9-14-6-3-2-4-7-14)15-8-5-11(16)13-12(15)17/h5,8,10H,2-4,6-7,9H2,1H3,(H,13,16,17). The van der Waals surface area contributed by atoms with E-state index in [1.807, 2.05) is 4.57 Å². The maximum Gasteiger partial charge on any atom is 0.251 e. The lowest BCUT2D eigenvalue weighted by molar-refractivity contribution is 0.200. The highest BCUT2D eigenvalue weighted by Gasteiger charge is 2.14. The van der Waals surface area contributed by atoms with Gasteiger partial charge in [-0.2, -0.15) is 0 Å². The van der Waals surface area contributed by atoms with E-state index in [0.717, 1.165) is 6.54 Å². The Hall–Kier alpha value is -0.940. The molecule has 17 heavy (non-hydrogen) atoms. The Morgan fingerprint density at radius 1 is 1.41 bits per heavy atom. The van der Waals surface area contributed by atoms with Crippen molar-refractivity contribution in [3.05, 3.63) is 27.4 Å². The summed E-state index contributed by atoms with van der Waals surface area (Å²) in [4.78, 5) is 16.2. The normalized spacial score (nSPS) is 19.1. The maximum absolute atomic E-state index is 11.1. The molecule has 0 saturated carbocycles. The van der Waals surface area contributed by atoms with Gasteiger partial charge in [0.2, 0.25) is 0 Å². The molecule has 1 saturated heterocycles. The van der Waals surface area contributed by atoms with E-state index in [1.54, 1.807) is 6.20 Å². The summed E-state index contributed by atoms with van der Waals surface area (Å²) in [5.74, 6) is 0. The fourth-order valence-electron chi connectivity index (χ4n) is 2.38. The van der Waals surface area contributed by atoms with Crippen molar-refractivity contribution in [2.75, 3.05) is 19.6 Å². The maximum atomic E-state index is 11.1. The molecule has 0 radical (unpaired) electrons. The summed E-state index contributed by atoms with van der Waals surface area (Å²) in [6, 6.07) is 1.83. The zero-order chi connectivity index (χ0) is 12.3. The number of aromatic nitrogens is 2. The Morgan fingerprint density at radius 2 is 2.12 bits per heavy atom. The molecule has 0 amide bonds. The van der Waals surface area contributed by atoms with Gasteiger partial charge in [-0.05, 0) is 45.1 Å². The third kappa shape index (κ3) is 3.26. The number of nitrogens with one attached hydrogen (secondary N) is 1. The van der Waals surface area contributed by atoms with E-state index in [2.05, 4.69) is 16.8 Å². The molecule has 1 aliphatic heterocycles. The lowest BCUT2D eigenvalue weighted by atomic mass is 10.1. The van der Waals surface area contributed by atoms with Crippen LogP contribution in [0, 0.1) is 4.77 Å². The van der Waals surface area contributed by atoms with Gasteiger partial charge in [0, 0.05) is 24.8 Å². The molecule has 1 unspecified atom stereocenters. The van der Waals surface area contributed by atoms with Gasteiger partial charge in [0.05, 0.1) is 0 Å². The number of hydrogen-bond acceptors (Lipinski definition) is 3. The van der Waals surface area contributed by atoms with Gasteiger partial charge in [-0.3, -0.25) is 9.78 Å².